The zero-order valence-corrected chi connectivity index (χ0v) is 11.7. The zero-order chi connectivity index (χ0) is 15.0. The van der Waals surface area contributed by atoms with E-state index in [2.05, 4.69) is 0 Å². The molecule has 0 amide bonds. The average molecular weight is 293 g/mol. The fourth-order valence-corrected chi connectivity index (χ4v) is 3.96. The van der Waals surface area contributed by atoms with Crippen LogP contribution in [-0.2, 0) is 14.6 Å². The molecule has 2 atom stereocenters. The van der Waals surface area contributed by atoms with Gasteiger partial charge in [-0.15, -0.1) is 0 Å². The van der Waals surface area contributed by atoms with Gasteiger partial charge in [0.25, 0.3) is 0 Å². The van der Waals surface area contributed by atoms with Gasteiger partial charge in [0.2, 0.25) is 4.75 Å². The lowest BCUT2D eigenvalue weighted by Gasteiger charge is -2.31. The lowest BCUT2D eigenvalue weighted by atomic mass is 9.95. The largest absolute Gasteiger partial charge is 0.480 e. The topological polar surface area (TPSA) is 97.5 Å². The number of rotatable bonds is 3. The van der Waals surface area contributed by atoms with E-state index in [1.165, 1.54) is 30.4 Å². The molecule has 1 aliphatic carbocycles. The number of carbonyl (C=O) groups is 1. The number of carboxylic acid groups (broad SMARTS) is 1. The minimum Gasteiger partial charge on any atom is -0.480 e. The zero-order valence-electron chi connectivity index (χ0n) is 10.9. The van der Waals surface area contributed by atoms with Gasteiger partial charge >= 0.3 is 5.97 Å². The molecular weight excluding hydrogens is 278 g/mol. The van der Waals surface area contributed by atoms with Gasteiger partial charge in [0.05, 0.1) is 10.9 Å². The van der Waals surface area contributed by atoms with Gasteiger partial charge in [-0.2, -0.15) is 0 Å². The highest BCUT2D eigenvalue weighted by molar-refractivity contribution is 7.94. The van der Waals surface area contributed by atoms with Crippen LogP contribution < -0.4 is 5.73 Å². The maximum Gasteiger partial charge on any atom is 0.331 e. The van der Waals surface area contributed by atoms with Crippen molar-refractivity contribution in [3.8, 4) is 0 Å². The Balaban J connectivity index is 2.66. The second kappa shape index (κ2) is 4.88. The Morgan fingerprint density at radius 1 is 1.25 bits per heavy atom. The van der Waals surface area contributed by atoms with Crippen LogP contribution in [0.15, 0.2) is 53.5 Å². The lowest BCUT2D eigenvalue weighted by Crippen LogP contribution is -2.57. The number of benzene rings is 1. The highest BCUT2D eigenvalue weighted by Gasteiger charge is 2.54. The number of aliphatic carboxylic acids is 1. The van der Waals surface area contributed by atoms with Gasteiger partial charge in [0.15, 0.2) is 9.84 Å². The van der Waals surface area contributed by atoms with E-state index in [0.717, 1.165) is 11.6 Å². The minimum atomic E-state index is -4.15. The first kappa shape index (κ1) is 14.5. The highest BCUT2D eigenvalue weighted by Crippen LogP contribution is 2.33. The van der Waals surface area contributed by atoms with Gasteiger partial charge in [0.1, 0.15) is 0 Å². The van der Waals surface area contributed by atoms with Crippen molar-refractivity contribution in [3.63, 3.8) is 0 Å². The van der Waals surface area contributed by atoms with E-state index in [-0.39, 0.29) is 4.90 Å². The smallest absolute Gasteiger partial charge is 0.331 e. The molecule has 0 bridgehead atoms. The number of allylic oxidation sites excluding steroid dienone is 2. The van der Waals surface area contributed by atoms with Crippen molar-refractivity contribution in [2.45, 2.75) is 22.6 Å². The second-order valence-electron chi connectivity index (χ2n) is 4.68. The molecule has 0 radical (unpaired) electrons. The van der Waals surface area contributed by atoms with Gasteiger partial charge in [0, 0.05) is 0 Å². The third-order valence-corrected chi connectivity index (χ3v) is 5.74. The molecule has 1 aromatic carbocycles. The number of hydrogen-bond acceptors (Lipinski definition) is 4. The molecule has 0 heterocycles. The van der Waals surface area contributed by atoms with Crippen molar-refractivity contribution in [2.24, 2.45) is 5.73 Å². The molecule has 0 aromatic heterocycles. The fourth-order valence-electron chi connectivity index (χ4n) is 2.15. The minimum absolute atomic E-state index is 0.0547. The maximum absolute atomic E-state index is 12.7. The quantitative estimate of drug-likeness (QED) is 0.868. The number of sulfone groups is 1. The molecule has 106 valence electrons. The van der Waals surface area contributed by atoms with Crippen molar-refractivity contribution in [2.75, 3.05) is 0 Å². The van der Waals surface area contributed by atoms with Crippen LogP contribution in [0.4, 0.5) is 0 Å². The van der Waals surface area contributed by atoms with Crippen LogP contribution in [0.25, 0.3) is 0 Å². The molecule has 1 aromatic rings. The predicted molar refractivity (Wildman–Crippen MR) is 75.0 cm³/mol. The van der Waals surface area contributed by atoms with Gasteiger partial charge < -0.3 is 10.8 Å². The molecule has 2 unspecified atom stereocenters. The SMILES string of the molecule is Cc1ccc(S(=O)(=O)C2(C(=O)O)C=CC=CC2N)cc1. The molecule has 0 saturated heterocycles. The summed E-state index contributed by atoms with van der Waals surface area (Å²) >= 11 is 0. The van der Waals surface area contributed by atoms with Crippen molar-refractivity contribution in [1.29, 1.82) is 0 Å². The van der Waals surface area contributed by atoms with E-state index < -0.39 is 26.6 Å². The Morgan fingerprint density at radius 2 is 1.85 bits per heavy atom. The van der Waals surface area contributed by atoms with Crippen LogP contribution in [0.3, 0.4) is 0 Å². The van der Waals surface area contributed by atoms with E-state index in [1.54, 1.807) is 12.1 Å². The Bertz CT molecular complexity index is 688. The summed E-state index contributed by atoms with van der Waals surface area (Å²) in [7, 11) is -4.15. The van der Waals surface area contributed by atoms with E-state index in [1.807, 2.05) is 6.92 Å². The van der Waals surface area contributed by atoms with Crippen LogP contribution in [0.5, 0.6) is 0 Å². The van der Waals surface area contributed by atoms with Crippen molar-refractivity contribution in [3.05, 3.63) is 54.1 Å². The molecule has 0 spiro atoms. The highest BCUT2D eigenvalue weighted by atomic mass is 32.2. The lowest BCUT2D eigenvalue weighted by molar-refractivity contribution is -0.139. The molecule has 0 saturated carbocycles. The van der Waals surface area contributed by atoms with Gasteiger partial charge in [-0.3, -0.25) is 4.79 Å². The summed E-state index contributed by atoms with van der Waals surface area (Å²) in [6, 6.07) is 4.89. The summed E-state index contributed by atoms with van der Waals surface area (Å²) in [6.45, 7) is 1.82. The van der Waals surface area contributed by atoms with E-state index >= 15 is 0 Å². The standard InChI is InChI=1S/C14H15NO4S/c1-10-5-7-11(8-6-10)20(18,19)14(13(16)17)9-3-2-4-12(14)15/h2-9,12H,15H2,1H3,(H,16,17). The van der Waals surface area contributed by atoms with Crippen LogP contribution in [0.2, 0.25) is 0 Å². The molecule has 5 nitrogen and oxygen atoms in total. The summed E-state index contributed by atoms with van der Waals surface area (Å²) in [5.41, 5.74) is 6.66. The molecule has 3 N–H and O–H groups in total. The summed E-state index contributed by atoms with van der Waals surface area (Å²) in [5, 5.41) is 9.47. The first-order chi connectivity index (χ1) is 9.32. The van der Waals surface area contributed by atoms with Crippen molar-refractivity contribution < 1.29 is 18.3 Å². The van der Waals surface area contributed by atoms with Crippen molar-refractivity contribution >= 4 is 15.8 Å². The maximum atomic E-state index is 12.7. The molecule has 0 fully saturated rings. The predicted octanol–water partition coefficient (Wildman–Crippen LogP) is 1.05. The number of carboxylic acids is 1. The number of hydrogen-bond donors (Lipinski definition) is 2. The fraction of sp³-hybridized carbons (Fsp3) is 0.214. The molecule has 0 aliphatic heterocycles. The number of nitrogens with two attached hydrogens (primary N) is 1. The van der Waals surface area contributed by atoms with E-state index in [9.17, 15) is 18.3 Å². The van der Waals surface area contributed by atoms with Gasteiger partial charge in [-0.05, 0) is 25.1 Å². The molecule has 6 heteroatoms. The third kappa shape index (κ3) is 1.97. The van der Waals surface area contributed by atoms with E-state index in [0.29, 0.717) is 0 Å². The van der Waals surface area contributed by atoms with Gasteiger partial charge in [-0.1, -0.05) is 35.9 Å². The second-order valence-corrected chi connectivity index (χ2v) is 6.84. The third-order valence-electron chi connectivity index (χ3n) is 3.38. The van der Waals surface area contributed by atoms with Crippen LogP contribution in [0, 0.1) is 6.92 Å². The Kier molecular flexibility index (Phi) is 3.54. The molecule has 2 rings (SSSR count). The van der Waals surface area contributed by atoms with Crippen LogP contribution >= 0.6 is 0 Å². The molecule has 1 aliphatic rings. The summed E-state index contributed by atoms with van der Waals surface area (Å²) < 4.78 is 23.3. The van der Waals surface area contributed by atoms with E-state index in [4.69, 9.17) is 5.73 Å². The Morgan fingerprint density at radius 3 is 2.35 bits per heavy atom. The molecule has 20 heavy (non-hydrogen) atoms. The first-order valence-electron chi connectivity index (χ1n) is 5.98. The first-order valence-corrected chi connectivity index (χ1v) is 7.47. The van der Waals surface area contributed by atoms with Crippen LogP contribution in [0.1, 0.15) is 5.56 Å². The summed E-state index contributed by atoms with van der Waals surface area (Å²) in [6.07, 6.45) is 5.44. The Labute approximate surface area is 117 Å². The normalized spacial score (nSPS) is 25.6. The summed E-state index contributed by atoms with van der Waals surface area (Å²) in [4.78, 5) is 11.6. The number of aryl methyl sites for hydroxylation is 1. The van der Waals surface area contributed by atoms with Crippen molar-refractivity contribution in [1.82, 2.24) is 0 Å². The summed E-state index contributed by atoms with van der Waals surface area (Å²) in [5.74, 6) is -1.48. The van der Waals surface area contributed by atoms with Gasteiger partial charge in [-0.25, -0.2) is 8.42 Å². The molecular formula is C14H15NO4S. The monoisotopic (exact) mass is 293 g/mol. The average Bonchev–Trinajstić information content (AvgIpc) is 2.39. The van der Waals surface area contributed by atoms with Crippen LogP contribution in [-0.4, -0.2) is 30.3 Å². The Hall–Kier alpha value is -1.92.